The van der Waals surface area contributed by atoms with Crippen molar-refractivity contribution in [2.75, 3.05) is 37.2 Å². The second kappa shape index (κ2) is 11.7. The van der Waals surface area contributed by atoms with Crippen molar-refractivity contribution in [2.24, 2.45) is 4.99 Å². The normalized spacial score (nSPS) is 16.6. The van der Waals surface area contributed by atoms with Gasteiger partial charge in [0.15, 0.2) is 5.17 Å². The third kappa shape index (κ3) is 5.63. The average Bonchev–Trinajstić information content (AvgIpc) is 2.96. The number of anilines is 2. The molecule has 0 saturated carbocycles. The fraction of sp³-hybridized carbons (Fsp3) is 0.233. The number of carbonyl (C=O) groups excluding carboxylic acids is 2. The summed E-state index contributed by atoms with van der Waals surface area (Å²) in [5, 5.41) is 6.93. The van der Waals surface area contributed by atoms with E-state index in [0.29, 0.717) is 39.7 Å². The van der Waals surface area contributed by atoms with Crippen LogP contribution in [-0.4, -0.2) is 48.4 Å². The molecular weight excluding hydrogens is 512 g/mol. The zero-order chi connectivity index (χ0) is 27.4. The van der Waals surface area contributed by atoms with Gasteiger partial charge in [0, 0.05) is 23.5 Å². The summed E-state index contributed by atoms with van der Waals surface area (Å²) < 4.78 is 10.7. The Morgan fingerprint density at radius 2 is 1.77 bits per heavy atom. The summed E-state index contributed by atoms with van der Waals surface area (Å²) in [6, 6.07) is 21.6. The number of hydrogen-bond donors (Lipinski definition) is 2. The van der Waals surface area contributed by atoms with Crippen molar-refractivity contribution in [3.05, 3.63) is 95.2 Å². The van der Waals surface area contributed by atoms with Crippen molar-refractivity contribution < 1.29 is 19.1 Å². The van der Waals surface area contributed by atoms with Gasteiger partial charge in [-0.15, -0.1) is 0 Å². The van der Waals surface area contributed by atoms with Crippen molar-refractivity contribution in [2.45, 2.75) is 19.4 Å². The maximum absolute atomic E-state index is 13.8. The number of thioether (sulfide) groups is 1. The molecule has 200 valence electrons. The van der Waals surface area contributed by atoms with Crippen LogP contribution in [0.4, 0.5) is 11.4 Å². The molecule has 3 aromatic carbocycles. The molecular formula is C30H30N4O4S. The Labute approximate surface area is 232 Å². The van der Waals surface area contributed by atoms with Gasteiger partial charge in [-0.05, 0) is 61.4 Å². The number of aliphatic imine (C=N–C) groups is 1. The smallest absolute Gasteiger partial charge is 0.255 e. The van der Waals surface area contributed by atoms with Gasteiger partial charge in [0.25, 0.3) is 11.8 Å². The second-order valence-corrected chi connectivity index (χ2v) is 10.2. The van der Waals surface area contributed by atoms with Crippen LogP contribution in [0.1, 0.15) is 35.3 Å². The van der Waals surface area contributed by atoms with Gasteiger partial charge >= 0.3 is 0 Å². The minimum Gasteiger partial charge on any atom is -0.497 e. The van der Waals surface area contributed by atoms with Gasteiger partial charge in [-0.25, -0.2) is 4.99 Å². The van der Waals surface area contributed by atoms with E-state index in [1.807, 2.05) is 49.4 Å². The van der Waals surface area contributed by atoms with Gasteiger partial charge in [-0.3, -0.25) is 9.59 Å². The minimum atomic E-state index is -0.367. The zero-order valence-electron chi connectivity index (χ0n) is 22.1. The van der Waals surface area contributed by atoms with Crippen LogP contribution in [0.2, 0.25) is 0 Å². The third-order valence-electron chi connectivity index (χ3n) is 6.65. The Bertz CT molecular complexity index is 1470. The van der Waals surface area contributed by atoms with Crippen LogP contribution < -0.4 is 20.1 Å². The number of allylic oxidation sites excluding steroid dienone is 1. The Kier molecular flexibility index (Phi) is 7.88. The van der Waals surface area contributed by atoms with Crippen LogP contribution >= 0.6 is 11.8 Å². The maximum Gasteiger partial charge on any atom is 0.255 e. The van der Waals surface area contributed by atoms with Gasteiger partial charge < -0.3 is 25.0 Å². The summed E-state index contributed by atoms with van der Waals surface area (Å²) in [5.41, 5.74) is 3.83. The first kappa shape index (κ1) is 26.4. The number of fused-ring (bicyclic) bond motifs is 1. The molecule has 9 heteroatoms. The second-order valence-electron chi connectivity index (χ2n) is 9.16. The van der Waals surface area contributed by atoms with Gasteiger partial charge in [0.1, 0.15) is 11.5 Å². The molecule has 0 aromatic heterocycles. The number of rotatable bonds is 7. The highest BCUT2D eigenvalue weighted by atomic mass is 32.2. The number of methoxy groups -OCH3 is 2. The van der Waals surface area contributed by atoms with Crippen LogP contribution in [0.25, 0.3) is 0 Å². The number of ether oxygens (including phenoxy) is 2. The number of nitrogens with zero attached hydrogens (tertiary/aromatic N) is 2. The molecule has 3 aromatic rings. The Hall–Kier alpha value is -4.24. The molecule has 0 bridgehead atoms. The lowest BCUT2D eigenvalue weighted by molar-refractivity contribution is -0.113. The number of hydrogen-bond acceptors (Lipinski definition) is 7. The predicted octanol–water partition coefficient (Wildman–Crippen LogP) is 5.72. The molecule has 2 heterocycles. The van der Waals surface area contributed by atoms with E-state index < -0.39 is 0 Å². The molecule has 1 saturated heterocycles. The molecule has 39 heavy (non-hydrogen) atoms. The Morgan fingerprint density at radius 3 is 2.59 bits per heavy atom. The molecule has 2 aliphatic rings. The Balaban J connectivity index is 1.48. The van der Waals surface area contributed by atoms with E-state index in [9.17, 15) is 9.59 Å². The highest BCUT2D eigenvalue weighted by Crippen LogP contribution is 2.40. The summed E-state index contributed by atoms with van der Waals surface area (Å²) in [6.45, 7) is 2.65. The first-order valence-corrected chi connectivity index (χ1v) is 13.7. The topological polar surface area (TPSA) is 92.3 Å². The fourth-order valence-corrected chi connectivity index (χ4v) is 5.82. The molecule has 5 rings (SSSR count). The molecule has 0 radical (unpaired) electrons. The highest BCUT2D eigenvalue weighted by molar-refractivity contribution is 8.13. The van der Waals surface area contributed by atoms with E-state index in [-0.39, 0.29) is 17.9 Å². The molecule has 1 unspecified atom stereocenters. The molecule has 1 atom stereocenters. The molecule has 0 spiro atoms. The van der Waals surface area contributed by atoms with Crippen molar-refractivity contribution in [1.82, 2.24) is 4.90 Å². The predicted molar refractivity (Wildman–Crippen MR) is 156 cm³/mol. The molecule has 2 N–H and O–H groups in total. The lowest BCUT2D eigenvalue weighted by atomic mass is 9.93. The van der Waals surface area contributed by atoms with Crippen LogP contribution in [-0.2, 0) is 4.79 Å². The molecule has 2 amide bonds. The van der Waals surface area contributed by atoms with Crippen LogP contribution in [0.15, 0.2) is 89.1 Å². The van der Waals surface area contributed by atoms with E-state index in [4.69, 9.17) is 14.5 Å². The molecule has 1 fully saturated rings. The highest BCUT2D eigenvalue weighted by Gasteiger charge is 2.37. The van der Waals surface area contributed by atoms with Gasteiger partial charge in [-0.1, -0.05) is 42.1 Å². The van der Waals surface area contributed by atoms with Crippen molar-refractivity contribution >= 4 is 40.1 Å². The average molecular weight is 543 g/mol. The van der Waals surface area contributed by atoms with Crippen molar-refractivity contribution in [1.29, 1.82) is 0 Å². The first-order chi connectivity index (χ1) is 19.0. The largest absolute Gasteiger partial charge is 0.497 e. The van der Waals surface area contributed by atoms with Gasteiger partial charge in [0.2, 0.25) is 0 Å². The van der Waals surface area contributed by atoms with Crippen LogP contribution in [0.5, 0.6) is 11.5 Å². The van der Waals surface area contributed by atoms with E-state index in [0.717, 1.165) is 29.4 Å². The number of amides is 2. The number of nitrogens with one attached hydrogen (secondary N) is 2. The SMILES string of the molecule is COc1cccc(C(=O)Nc2cccc(C3C(C(=O)Nc4ccccc4OC)=C(C)N=C4SCCCN43)c2)c1. The quantitative estimate of drug-likeness (QED) is 0.397. The number of benzene rings is 3. The summed E-state index contributed by atoms with van der Waals surface area (Å²) in [4.78, 5) is 33.8. The Morgan fingerprint density at radius 1 is 0.949 bits per heavy atom. The lowest BCUT2D eigenvalue weighted by Crippen LogP contribution is -2.43. The number of amidine groups is 1. The van der Waals surface area contributed by atoms with Crippen LogP contribution in [0, 0.1) is 0 Å². The third-order valence-corrected chi connectivity index (χ3v) is 7.73. The lowest BCUT2D eigenvalue weighted by Gasteiger charge is -2.41. The fourth-order valence-electron chi connectivity index (χ4n) is 4.80. The first-order valence-electron chi connectivity index (χ1n) is 12.7. The van der Waals surface area contributed by atoms with Crippen LogP contribution in [0.3, 0.4) is 0 Å². The number of para-hydroxylation sites is 2. The van der Waals surface area contributed by atoms with Gasteiger partial charge in [-0.2, -0.15) is 0 Å². The maximum atomic E-state index is 13.8. The minimum absolute atomic E-state index is 0.244. The standard InChI is InChI=1S/C30H30N4O4S/c1-19-26(29(36)33-24-13-4-5-14-25(24)38-3)27(34-15-8-16-39-30(34)31-19)20-9-6-11-22(17-20)32-28(35)21-10-7-12-23(18-21)37-2/h4-7,9-14,17-18,27H,8,15-16H2,1-3H3,(H,32,35)(H,33,36). The number of carbonyl (C=O) groups is 2. The monoisotopic (exact) mass is 542 g/mol. The van der Waals surface area contributed by atoms with E-state index in [2.05, 4.69) is 15.5 Å². The van der Waals surface area contributed by atoms with E-state index >= 15 is 0 Å². The summed E-state index contributed by atoms with van der Waals surface area (Å²) >= 11 is 1.70. The molecule has 8 nitrogen and oxygen atoms in total. The van der Waals surface area contributed by atoms with Crippen molar-refractivity contribution in [3.8, 4) is 11.5 Å². The van der Waals surface area contributed by atoms with Crippen molar-refractivity contribution in [3.63, 3.8) is 0 Å². The molecule has 2 aliphatic heterocycles. The summed E-state index contributed by atoms with van der Waals surface area (Å²) in [7, 11) is 3.14. The molecule has 0 aliphatic carbocycles. The van der Waals surface area contributed by atoms with E-state index in [1.54, 1.807) is 56.3 Å². The van der Waals surface area contributed by atoms with E-state index in [1.165, 1.54) is 0 Å². The van der Waals surface area contributed by atoms with Gasteiger partial charge in [0.05, 0.1) is 37.2 Å². The summed E-state index contributed by atoms with van der Waals surface area (Å²) in [5.74, 6) is 1.68. The summed E-state index contributed by atoms with van der Waals surface area (Å²) in [6.07, 6.45) is 0.979. The zero-order valence-corrected chi connectivity index (χ0v) is 22.9.